The summed E-state index contributed by atoms with van der Waals surface area (Å²) in [4.78, 5) is 27.0. The number of pyridine rings is 1. The average Bonchev–Trinajstić information content (AvgIpc) is 2.38. The molecule has 19 heavy (non-hydrogen) atoms. The number of aromatic nitrogens is 1. The van der Waals surface area contributed by atoms with Crippen LogP contribution >= 0.6 is 0 Å². The molecule has 8 heteroatoms. The summed E-state index contributed by atoms with van der Waals surface area (Å²) in [6.45, 7) is 2.33. The number of carboxylic acid groups (broad SMARTS) is 1. The molecule has 8 nitrogen and oxygen atoms in total. The van der Waals surface area contributed by atoms with Crippen molar-refractivity contribution in [2.75, 3.05) is 24.6 Å². The van der Waals surface area contributed by atoms with Gasteiger partial charge in [-0.1, -0.05) is 0 Å². The number of hydrogen-bond donors (Lipinski definition) is 1. The van der Waals surface area contributed by atoms with E-state index < -0.39 is 17.0 Å². The molecule has 0 aromatic carbocycles. The third kappa shape index (κ3) is 2.79. The summed E-state index contributed by atoms with van der Waals surface area (Å²) in [6, 6.07) is 1.42. The number of morpholine rings is 1. The first-order valence-electron chi connectivity index (χ1n) is 5.69. The Hall–Kier alpha value is -2.22. The Morgan fingerprint density at radius 3 is 3.05 bits per heavy atom. The van der Waals surface area contributed by atoms with Crippen LogP contribution in [-0.2, 0) is 9.53 Å². The number of hydrogen-bond acceptors (Lipinski definition) is 6. The molecule has 1 aromatic heterocycles. The fraction of sp³-hybridized carbons (Fsp3) is 0.455. The predicted molar refractivity (Wildman–Crippen MR) is 65.2 cm³/mol. The van der Waals surface area contributed by atoms with Crippen LogP contribution in [0.2, 0.25) is 0 Å². The van der Waals surface area contributed by atoms with Crippen molar-refractivity contribution < 1.29 is 19.6 Å². The largest absolute Gasteiger partial charge is 0.479 e. The molecule has 0 saturated carbocycles. The van der Waals surface area contributed by atoms with Crippen molar-refractivity contribution in [3.05, 3.63) is 27.9 Å². The van der Waals surface area contributed by atoms with Crippen molar-refractivity contribution in [1.82, 2.24) is 4.98 Å². The highest BCUT2D eigenvalue weighted by Crippen LogP contribution is 2.27. The van der Waals surface area contributed by atoms with Crippen LogP contribution in [0.15, 0.2) is 12.3 Å². The predicted octanol–water partition coefficient (Wildman–Crippen LogP) is 0.588. The van der Waals surface area contributed by atoms with Crippen LogP contribution in [0.25, 0.3) is 0 Å². The zero-order valence-corrected chi connectivity index (χ0v) is 10.3. The number of aliphatic carboxylic acids is 1. The van der Waals surface area contributed by atoms with E-state index >= 15 is 0 Å². The van der Waals surface area contributed by atoms with Crippen LogP contribution in [0.3, 0.4) is 0 Å². The summed E-state index contributed by atoms with van der Waals surface area (Å²) in [5.74, 6) is -0.899. The van der Waals surface area contributed by atoms with Gasteiger partial charge in [-0.2, -0.15) is 0 Å². The minimum absolute atomic E-state index is 0.0479. The number of carboxylic acids is 1. The molecular weight excluding hydrogens is 254 g/mol. The Kier molecular flexibility index (Phi) is 3.61. The SMILES string of the molecule is Cc1cnc(N2CCOC(C(=O)O)C2)c([N+](=O)[O-])c1. The molecule has 2 rings (SSSR count). The molecule has 1 aliphatic rings. The van der Waals surface area contributed by atoms with E-state index in [0.29, 0.717) is 12.1 Å². The van der Waals surface area contributed by atoms with Crippen LogP contribution in [0.1, 0.15) is 5.56 Å². The third-order valence-electron chi connectivity index (χ3n) is 2.82. The molecule has 1 atom stereocenters. The van der Waals surface area contributed by atoms with Crippen LogP contribution in [0.4, 0.5) is 11.5 Å². The number of rotatable bonds is 3. The quantitative estimate of drug-likeness (QED) is 0.630. The minimum Gasteiger partial charge on any atom is -0.479 e. The van der Waals surface area contributed by atoms with Crippen molar-refractivity contribution in [3.8, 4) is 0 Å². The lowest BCUT2D eigenvalue weighted by molar-refractivity contribution is -0.384. The fourth-order valence-electron chi connectivity index (χ4n) is 1.92. The van der Waals surface area contributed by atoms with E-state index in [9.17, 15) is 14.9 Å². The Balaban J connectivity index is 2.30. The summed E-state index contributed by atoms with van der Waals surface area (Å²) in [5.41, 5.74) is 0.560. The maximum absolute atomic E-state index is 11.0. The Bertz CT molecular complexity index is 519. The second-order valence-electron chi connectivity index (χ2n) is 4.26. The average molecular weight is 267 g/mol. The molecule has 0 radical (unpaired) electrons. The fourth-order valence-corrected chi connectivity index (χ4v) is 1.92. The number of nitro groups is 1. The second kappa shape index (κ2) is 5.19. The first kappa shape index (κ1) is 13.2. The minimum atomic E-state index is -1.08. The van der Waals surface area contributed by atoms with Gasteiger partial charge in [0.2, 0.25) is 5.82 Å². The molecule has 1 N–H and O–H groups in total. The van der Waals surface area contributed by atoms with Gasteiger partial charge >= 0.3 is 11.7 Å². The lowest BCUT2D eigenvalue weighted by atomic mass is 10.2. The highest BCUT2D eigenvalue weighted by Gasteiger charge is 2.30. The van der Waals surface area contributed by atoms with Crippen molar-refractivity contribution in [2.24, 2.45) is 0 Å². The van der Waals surface area contributed by atoms with Gasteiger partial charge in [0.05, 0.1) is 18.1 Å². The Labute approximate surface area is 108 Å². The van der Waals surface area contributed by atoms with Crippen LogP contribution in [-0.4, -0.2) is 46.8 Å². The van der Waals surface area contributed by atoms with Gasteiger partial charge in [-0.05, 0) is 12.5 Å². The van der Waals surface area contributed by atoms with Crippen molar-refractivity contribution >= 4 is 17.5 Å². The molecule has 1 aliphatic heterocycles. The topological polar surface area (TPSA) is 106 Å². The Morgan fingerprint density at radius 1 is 1.68 bits per heavy atom. The molecular formula is C11H13N3O5. The van der Waals surface area contributed by atoms with Gasteiger partial charge in [0.25, 0.3) is 0 Å². The lowest BCUT2D eigenvalue weighted by Crippen LogP contribution is -2.46. The van der Waals surface area contributed by atoms with E-state index in [2.05, 4.69) is 4.98 Å². The maximum atomic E-state index is 11.0. The van der Waals surface area contributed by atoms with Crippen LogP contribution in [0, 0.1) is 17.0 Å². The summed E-state index contributed by atoms with van der Waals surface area (Å²) >= 11 is 0. The molecule has 0 amide bonds. The number of ether oxygens (including phenoxy) is 1. The van der Waals surface area contributed by atoms with E-state index in [1.807, 2.05) is 0 Å². The van der Waals surface area contributed by atoms with Gasteiger partial charge in [-0.3, -0.25) is 10.1 Å². The normalized spacial score (nSPS) is 19.2. The molecule has 1 aromatic rings. The van der Waals surface area contributed by atoms with E-state index in [1.54, 1.807) is 11.8 Å². The second-order valence-corrected chi connectivity index (χ2v) is 4.26. The standard InChI is InChI=1S/C11H13N3O5/c1-7-4-8(14(17)18)10(12-5-7)13-2-3-19-9(6-13)11(15)16/h4-5,9H,2-3,6H2,1H3,(H,15,16). The zero-order valence-electron chi connectivity index (χ0n) is 10.3. The smallest absolute Gasteiger partial charge is 0.334 e. The van der Waals surface area contributed by atoms with Crippen LogP contribution < -0.4 is 4.90 Å². The molecule has 0 aliphatic carbocycles. The molecule has 2 heterocycles. The van der Waals surface area contributed by atoms with Gasteiger partial charge in [0.15, 0.2) is 6.10 Å². The van der Waals surface area contributed by atoms with Gasteiger partial charge in [-0.15, -0.1) is 0 Å². The van der Waals surface area contributed by atoms with E-state index in [0.717, 1.165) is 0 Å². The van der Waals surface area contributed by atoms with E-state index in [1.165, 1.54) is 12.3 Å². The summed E-state index contributed by atoms with van der Waals surface area (Å²) in [7, 11) is 0. The lowest BCUT2D eigenvalue weighted by Gasteiger charge is -2.31. The van der Waals surface area contributed by atoms with Gasteiger partial charge in [0.1, 0.15) is 0 Å². The summed E-state index contributed by atoms with van der Waals surface area (Å²) < 4.78 is 5.08. The summed E-state index contributed by atoms with van der Waals surface area (Å²) in [6.07, 6.45) is 0.532. The van der Waals surface area contributed by atoms with Gasteiger partial charge < -0.3 is 14.7 Å². The first-order chi connectivity index (χ1) is 8.99. The van der Waals surface area contributed by atoms with Crippen molar-refractivity contribution in [1.29, 1.82) is 0 Å². The van der Waals surface area contributed by atoms with Gasteiger partial charge in [-0.25, -0.2) is 9.78 Å². The zero-order chi connectivity index (χ0) is 14.0. The van der Waals surface area contributed by atoms with Crippen LogP contribution in [0.5, 0.6) is 0 Å². The molecule has 0 bridgehead atoms. The first-order valence-corrected chi connectivity index (χ1v) is 5.69. The number of carbonyl (C=O) groups is 1. The van der Waals surface area contributed by atoms with E-state index in [-0.39, 0.29) is 24.7 Å². The monoisotopic (exact) mass is 267 g/mol. The van der Waals surface area contributed by atoms with E-state index in [4.69, 9.17) is 9.84 Å². The number of aryl methyl sites for hydroxylation is 1. The highest BCUT2D eigenvalue weighted by molar-refractivity contribution is 5.74. The van der Waals surface area contributed by atoms with Gasteiger partial charge in [0, 0.05) is 18.8 Å². The van der Waals surface area contributed by atoms with Crippen molar-refractivity contribution in [3.63, 3.8) is 0 Å². The molecule has 0 spiro atoms. The molecule has 1 saturated heterocycles. The molecule has 1 unspecified atom stereocenters. The highest BCUT2D eigenvalue weighted by atomic mass is 16.6. The van der Waals surface area contributed by atoms with Crippen molar-refractivity contribution in [2.45, 2.75) is 13.0 Å². The Morgan fingerprint density at radius 2 is 2.42 bits per heavy atom. The third-order valence-corrected chi connectivity index (χ3v) is 2.82. The number of nitrogens with zero attached hydrogens (tertiary/aromatic N) is 3. The molecule has 102 valence electrons. The number of anilines is 1. The summed E-state index contributed by atoms with van der Waals surface area (Å²) in [5, 5.41) is 19.9. The molecule has 1 fully saturated rings. The maximum Gasteiger partial charge on any atom is 0.334 e.